The molecular formula is C18H13BO2S2. The summed E-state index contributed by atoms with van der Waals surface area (Å²) in [7, 11) is -1.45. The maximum absolute atomic E-state index is 9.41. The van der Waals surface area contributed by atoms with E-state index in [4.69, 9.17) is 0 Å². The molecule has 0 spiro atoms. The number of hydrogen-bond acceptors (Lipinski definition) is 4. The van der Waals surface area contributed by atoms with E-state index in [2.05, 4.69) is 42.5 Å². The van der Waals surface area contributed by atoms with E-state index in [1.807, 2.05) is 18.2 Å². The maximum atomic E-state index is 9.41. The highest BCUT2D eigenvalue weighted by Crippen LogP contribution is 2.51. The Morgan fingerprint density at radius 2 is 1.39 bits per heavy atom. The van der Waals surface area contributed by atoms with Gasteiger partial charge in [-0.3, -0.25) is 0 Å². The molecule has 0 fully saturated rings. The lowest BCUT2D eigenvalue weighted by Gasteiger charge is -2.21. The molecular weight excluding hydrogens is 323 g/mol. The number of hydrogen-bond donors (Lipinski definition) is 2. The molecule has 0 saturated carbocycles. The number of rotatable bonds is 2. The number of fused-ring (bicyclic) bond motifs is 2. The standard InChI is InChI=1S/C18H13BO2S2/c20-19(21)13-6-3-5-12(11-13)14-7-4-10-17-18(14)23-16-9-2-1-8-15(16)22-17/h1-11,20-21H. The summed E-state index contributed by atoms with van der Waals surface area (Å²) in [5, 5.41) is 18.8. The van der Waals surface area contributed by atoms with Gasteiger partial charge in [-0.05, 0) is 34.8 Å². The van der Waals surface area contributed by atoms with Gasteiger partial charge < -0.3 is 10.0 Å². The highest BCUT2D eigenvalue weighted by Gasteiger charge is 2.20. The Balaban J connectivity index is 1.82. The van der Waals surface area contributed by atoms with Crippen molar-refractivity contribution in [2.24, 2.45) is 0 Å². The van der Waals surface area contributed by atoms with Crippen molar-refractivity contribution in [1.29, 1.82) is 0 Å². The summed E-state index contributed by atoms with van der Waals surface area (Å²) in [4.78, 5) is 5.00. The molecule has 0 saturated heterocycles. The van der Waals surface area contributed by atoms with E-state index >= 15 is 0 Å². The number of benzene rings is 3. The molecule has 0 amide bonds. The van der Waals surface area contributed by atoms with Crippen LogP contribution < -0.4 is 5.46 Å². The Kier molecular flexibility index (Phi) is 3.95. The van der Waals surface area contributed by atoms with Crippen LogP contribution in [0.2, 0.25) is 0 Å². The van der Waals surface area contributed by atoms with E-state index in [9.17, 15) is 10.0 Å². The Hall–Kier alpha value is -1.66. The second-order valence-corrected chi connectivity index (χ2v) is 7.42. The van der Waals surface area contributed by atoms with Gasteiger partial charge >= 0.3 is 7.12 Å². The summed E-state index contributed by atoms with van der Waals surface area (Å²) in [6, 6.07) is 22.1. The lowest BCUT2D eigenvalue weighted by Crippen LogP contribution is -2.29. The van der Waals surface area contributed by atoms with Crippen LogP contribution in [0, 0.1) is 0 Å². The molecule has 0 radical (unpaired) electrons. The summed E-state index contributed by atoms with van der Waals surface area (Å²) in [6.45, 7) is 0. The molecule has 0 bridgehead atoms. The van der Waals surface area contributed by atoms with E-state index < -0.39 is 7.12 Å². The third-order valence-corrected chi connectivity index (χ3v) is 6.37. The fourth-order valence-electron chi connectivity index (χ4n) is 2.64. The van der Waals surface area contributed by atoms with Crippen LogP contribution in [-0.4, -0.2) is 17.2 Å². The largest absolute Gasteiger partial charge is 0.488 e. The predicted octanol–water partition coefficient (Wildman–Crippen LogP) is 3.65. The molecule has 23 heavy (non-hydrogen) atoms. The van der Waals surface area contributed by atoms with E-state index in [-0.39, 0.29) is 0 Å². The minimum absolute atomic E-state index is 0.508. The summed E-state index contributed by atoms with van der Waals surface area (Å²) in [5.41, 5.74) is 2.63. The van der Waals surface area contributed by atoms with Crippen LogP contribution in [0.25, 0.3) is 11.1 Å². The fourth-order valence-corrected chi connectivity index (χ4v) is 5.04. The van der Waals surface area contributed by atoms with Crippen molar-refractivity contribution in [2.45, 2.75) is 19.6 Å². The zero-order valence-corrected chi connectivity index (χ0v) is 13.8. The third kappa shape index (κ3) is 2.81. The molecule has 5 heteroatoms. The van der Waals surface area contributed by atoms with Crippen molar-refractivity contribution in [1.82, 2.24) is 0 Å². The summed E-state index contributed by atoms with van der Waals surface area (Å²) < 4.78 is 0. The van der Waals surface area contributed by atoms with Gasteiger partial charge in [-0.2, -0.15) is 0 Å². The van der Waals surface area contributed by atoms with E-state index in [1.54, 1.807) is 29.6 Å². The van der Waals surface area contributed by atoms with Crippen molar-refractivity contribution >= 4 is 36.1 Å². The minimum Gasteiger partial charge on any atom is -0.423 e. The van der Waals surface area contributed by atoms with Crippen LogP contribution in [0.5, 0.6) is 0 Å². The highest BCUT2D eigenvalue weighted by atomic mass is 32.2. The first-order valence-corrected chi connectivity index (χ1v) is 8.90. The monoisotopic (exact) mass is 336 g/mol. The molecule has 1 aliphatic heterocycles. The molecule has 0 atom stereocenters. The van der Waals surface area contributed by atoms with Gasteiger partial charge in [-0.15, -0.1) is 0 Å². The van der Waals surface area contributed by atoms with Crippen molar-refractivity contribution in [3.8, 4) is 11.1 Å². The molecule has 1 heterocycles. The van der Waals surface area contributed by atoms with Crippen LogP contribution >= 0.6 is 23.5 Å². The zero-order valence-electron chi connectivity index (χ0n) is 12.1. The molecule has 3 aromatic carbocycles. The maximum Gasteiger partial charge on any atom is 0.488 e. The topological polar surface area (TPSA) is 40.5 Å². The van der Waals surface area contributed by atoms with Gasteiger partial charge in [0.1, 0.15) is 0 Å². The summed E-state index contributed by atoms with van der Waals surface area (Å²) in [6.07, 6.45) is 0. The summed E-state index contributed by atoms with van der Waals surface area (Å²) in [5.74, 6) is 0. The quantitative estimate of drug-likeness (QED) is 0.548. The predicted molar refractivity (Wildman–Crippen MR) is 96.4 cm³/mol. The zero-order chi connectivity index (χ0) is 15.8. The van der Waals surface area contributed by atoms with Crippen LogP contribution in [-0.2, 0) is 0 Å². The van der Waals surface area contributed by atoms with Crippen molar-refractivity contribution in [3.05, 3.63) is 66.7 Å². The molecule has 4 rings (SSSR count). The van der Waals surface area contributed by atoms with Gasteiger partial charge in [-0.1, -0.05) is 72.1 Å². The lowest BCUT2D eigenvalue weighted by atomic mass is 9.79. The van der Waals surface area contributed by atoms with Gasteiger partial charge in [-0.25, -0.2) is 0 Å². The molecule has 0 unspecified atom stereocenters. The average Bonchev–Trinajstić information content (AvgIpc) is 2.59. The Morgan fingerprint density at radius 3 is 2.17 bits per heavy atom. The van der Waals surface area contributed by atoms with Gasteiger partial charge in [0, 0.05) is 19.6 Å². The second-order valence-electron chi connectivity index (χ2n) is 5.28. The van der Waals surface area contributed by atoms with Crippen LogP contribution in [0.1, 0.15) is 0 Å². The van der Waals surface area contributed by atoms with Crippen molar-refractivity contribution < 1.29 is 10.0 Å². The van der Waals surface area contributed by atoms with E-state index in [1.165, 1.54) is 19.6 Å². The molecule has 112 valence electrons. The SMILES string of the molecule is OB(O)c1cccc(-c2cccc3c2Sc2ccccc2S3)c1. The Bertz CT molecular complexity index is 880. The average molecular weight is 336 g/mol. The molecule has 0 aromatic heterocycles. The van der Waals surface area contributed by atoms with Crippen molar-refractivity contribution in [3.63, 3.8) is 0 Å². The van der Waals surface area contributed by atoms with Gasteiger partial charge in [0.25, 0.3) is 0 Å². The molecule has 3 aromatic rings. The van der Waals surface area contributed by atoms with Crippen LogP contribution in [0.15, 0.2) is 86.3 Å². The molecule has 0 aliphatic carbocycles. The Labute approximate surface area is 143 Å². The highest BCUT2D eigenvalue weighted by molar-refractivity contribution is 8.05. The van der Waals surface area contributed by atoms with E-state index in [0.29, 0.717) is 5.46 Å². The molecule has 2 nitrogen and oxygen atoms in total. The smallest absolute Gasteiger partial charge is 0.423 e. The fraction of sp³-hybridized carbons (Fsp3) is 0. The second kappa shape index (κ2) is 6.09. The summed E-state index contributed by atoms with van der Waals surface area (Å²) >= 11 is 3.55. The van der Waals surface area contributed by atoms with Gasteiger partial charge in [0.15, 0.2) is 0 Å². The molecule has 2 N–H and O–H groups in total. The van der Waals surface area contributed by atoms with E-state index in [0.717, 1.165) is 11.1 Å². The van der Waals surface area contributed by atoms with Crippen molar-refractivity contribution in [2.75, 3.05) is 0 Å². The first-order valence-electron chi connectivity index (χ1n) is 7.26. The lowest BCUT2D eigenvalue weighted by molar-refractivity contribution is 0.426. The third-order valence-electron chi connectivity index (χ3n) is 3.76. The van der Waals surface area contributed by atoms with Crippen LogP contribution in [0.4, 0.5) is 0 Å². The minimum atomic E-state index is -1.45. The first-order chi connectivity index (χ1) is 11.2. The van der Waals surface area contributed by atoms with Gasteiger partial charge in [0.2, 0.25) is 0 Å². The first kappa shape index (κ1) is 14.9. The van der Waals surface area contributed by atoms with Crippen LogP contribution in [0.3, 0.4) is 0 Å². The molecule has 1 aliphatic rings. The van der Waals surface area contributed by atoms with Gasteiger partial charge in [0.05, 0.1) is 0 Å². The normalized spacial score (nSPS) is 12.4. The Morgan fingerprint density at radius 1 is 0.696 bits per heavy atom.